The van der Waals surface area contributed by atoms with Crippen molar-refractivity contribution >= 4 is 38.6 Å². The first-order valence-electron chi connectivity index (χ1n) is 6.74. The molecule has 0 aliphatic rings. The number of benzene rings is 1. The van der Waals surface area contributed by atoms with E-state index in [1.165, 1.54) is 6.07 Å². The van der Waals surface area contributed by atoms with Crippen LogP contribution in [0.25, 0.3) is 11.0 Å². The summed E-state index contributed by atoms with van der Waals surface area (Å²) in [7, 11) is 0. The monoisotopic (exact) mass is 360 g/mol. The molecular formula is C15H19BrClFN2. The largest absolute Gasteiger partial charge is 0.326 e. The summed E-state index contributed by atoms with van der Waals surface area (Å²) in [5, 5.41) is -0.211. The van der Waals surface area contributed by atoms with Gasteiger partial charge in [0.2, 0.25) is 0 Å². The van der Waals surface area contributed by atoms with Gasteiger partial charge < -0.3 is 4.57 Å². The molecule has 5 heteroatoms. The van der Waals surface area contributed by atoms with Gasteiger partial charge in [0.1, 0.15) is 11.6 Å². The number of hydrogen-bond donors (Lipinski definition) is 0. The van der Waals surface area contributed by atoms with Crippen molar-refractivity contribution in [3.05, 3.63) is 28.2 Å². The second-order valence-electron chi connectivity index (χ2n) is 5.94. The second-order valence-corrected chi connectivity index (χ2v) is 7.45. The van der Waals surface area contributed by atoms with E-state index >= 15 is 0 Å². The van der Waals surface area contributed by atoms with Gasteiger partial charge in [-0.15, -0.1) is 11.6 Å². The van der Waals surface area contributed by atoms with E-state index in [-0.39, 0.29) is 16.6 Å². The van der Waals surface area contributed by atoms with Gasteiger partial charge in [-0.1, -0.05) is 20.8 Å². The summed E-state index contributed by atoms with van der Waals surface area (Å²) in [6, 6.07) is 3.24. The summed E-state index contributed by atoms with van der Waals surface area (Å²) in [5.74, 6) is 0.516. The van der Waals surface area contributed by atoms with E-state index in [1.54, 1.807) is 6.07 Å². The third kappa shape index (κ3) is 3.01. The fraction of sp³-hybridized carbons (Fsp3) is 0.533. The Labute approximate surface area is 132 Å². The molecule has 0 aliphatic heterocycles. The number of halogens is 3. The van der Waals surface area contributed by atoms with Crippen LogP contribution in [-0.2, 0) is 6.54 Å². The highest BCUT2D eigenvalue weighted by molar-refractivity contribution is 9.10. The van der Waals surface area contributed by atoms with Crippen LogP contribution in [0.3, 0.4) is 0 Å². The Bertz CT molecular complexity index is 634. The minimum absolute atomic E-state index is 0.109. The first-order valence-corrected chi connectivity index (χ1v) is 7.97. The van der Waals surface area contributed by atoms with Crippen LogP contribution in [0.1, 0.15) is 45.3 Å². The van der Waals surface area contributed by atoms with Gasteiger partial charge in [0.05, 0.1) is 20.9 Å². The van der Waals surface area contributed by atoms with Gasteiger partial charge in [0, 0.05) is 12.6 Å². The average molecular weight is 362 g/mol. The molecule has 0 bridgehead atoms. The van der Waals surface area contributed by atoms with Crippen LogP contribution in [0, 0.1) is 11.2 Å². The maximum Gasteiger partial charge on any atom is 0.139 e. The highest BCUT2D eigenvalue weighted by atomic mass is 79.9. The summed E-state index contributed by atoms with van der Waals surface area (Å²) in [6.45, 7) is 9.20. The summed E-state index contributed by atoms with van der Waals surface area (Å²) in [6.07, 6.45) is 1.03. The molecule has 0 N–H and O–H groups in total. The van der Waals surface area contributed by atoms with Crippen molar-refractivity contribution in [3.8, 4) is 0 Å². The van der Waals surface area contributed by atoms with Crippen molar-refractivity contribution in [2.45, 2.75) is 46.0 Å². The lowest BCUT2D eigenvalue weighted by atomic mass is 9.90. The van der Waals surface area contributed by atoms with E-state index in [4.69, 9.17) is 11.6 Å². The van der Waals surface area contributed by atoms with E-state index in [0.717, 1.165) is 29.8 Å². The zero-order valence-electron chi connectivity index (χ0n) is 12.2. The summed E-state index contributed by atoms with van der Waals surface area (Å²) < 4.78 is 16.3. The zero-order chi connectivity index (χ0) is 15.1. The fourth-order valence-electron chi connectivity index (χ4n) is 2.15. The third-order valence-corrected chi connectivity index (χ3v) is 4.52. The SMILES string of the molecule is CCC(C)(C)Cn1c(C(C)Cl)nc2cc(Br)c(F)cc21. The van der Waals surface area contributed by atoms with Crippen LogP contribution in [0.5, 0.6) is 0 Å². The molecule has 0 aliphatic carbocycles. The van der Waals surface area contributed by atoms with Crippen molar-refractivity contribution in [2.75, 3.05) is 0 Å². The van der Waals surface area contributed by atoms with Crippen molar-refractivity contribution in [3.63, 3.8) is 0 Å². The normalized spacial score (nSPS) is 13.9. The Morgan fingerprint density at radius 2 is 2.10 bits per heavy atom. The molecule has 0 saturated heterocycles. The number of alkyl halides is 1. The van der Waals surface area contributed by atoms with Gasteiger partial charge in [-0.2, -0.15) is 0 Å². The van der Waals surface area contributed by atoms with Gasteiger partial charge >= 0.3 is 0 Å². The third-order valence-electron chi connectivity index (χ3n) is 3.72. The molecule has 2 rings (SSSR count). The van der Waals surface area contributed by atoms with Crippen molar-refractivity contribution in [1.82, 2.24) is 9.55 Å². The van der Waals surface area contributed by atoms with Crippen molar-refractivity contribution in [1.29, 1.82) is 0 Å². The smallest absolute Gasteiger partial charge is 0.139 e. The molecule has 0 spiro atoms. The van der Waals surface area contributed by atoms with E-state index in [1.807, 2.05) is 11.5 Å². The van der Waals surface area contributed by atoms with Gasteiger partial charge in [-0.3, -0.25) is 0 Å². The Morgan fingerprint density at radius 3 is 2.65 bits per heavy atom. The summed E-state index contributed by atoms with van der Waals surface area (Å²) >= 11 is 9.45. The molecule has 1 unspecified atom stereocenters. The molecule has 1 atom stereocenters. The van der Waals surface area contributed by atoms with E-state index in [9.17, 15) is 4.39 Å². The lowest BCUT2D eigenvalue weighted by Crippen LogP contribution is -2.20. The standard InChI is InChI=1S/C15H19BrClFN2/c1-5-15(3,4)8-20-13-7-11(18)10(16)6-12(13)19-14(20)9(2)17/h6-7,9H,5,8H2,1-4H3. The molecule has 20 heavy (non-hydrogen) atoms. The van der Waals surface area contributed by atoms with Crippen LogP contribution in [0.15, 0.2) is 16.6 Å². The molecule has 110 valence electrons. The van der Waals surface area contributed by atoms with Gasteiger partial charge in [0.15, 0.2) is 0 Å². The Morgan fingerprint density at radius 1 is 1.45 bits per heavy atom. The molecule has 1 aromatic heterocycles. The number of nitrogens with zero attached hydrogens (tertiary/aromatic N) is 2. The van der Waals surface area contributed by atoms with Crippen LogP contribution in [-0.4, -0.2) is 9.55 Å². The molecule has 0 saturated carbocycles. The van der Waals surface area contributed by atoms with E-state index in [2.05, 4.69) is 41.7 Å². The van der Waals surface area contributed by atoms with Crippen LogP contribution in [0.2, 0.25) is 0 Å². The van der Waals surface area contributed by atoms with Gasteiger partial charge in [-0.05, 0) is 40.8 Å². The molecule has 1 aromatic carbocycles. The molecular weight excluding hydrogens is 343 g/mol. The minimum Gasteiger partial charge on any atom is -0.326 e. The number of aromatic nitrogens is 2. The highest BCUT2D eigenvalue weighted by Gasteiger charge is 2.22. The minimum atomic E-state index is -0.276. The molecule has 0 amide bonds. The summed E-state index contributed by atoms with van der Waals surface area (Å²) in [4.78, 5) is 4.57. The van der Waals surface area contributed by atoms with Crippen LogP contribution in [0.4, 0.5) is 4.39 Å². The number of fused-ring (bicyclic) bond motifs is 1. The highest BCUT2D eigenvalue weighted by Crippen LogP contribution is 2.32. The number of imidazole rings is 1. The lowest BCUT2D eigenvalue weighted by molar-refractivity contribution is 0.294. The maximum atomic E-state index is 13.8. The van der Waals surface area contributed by atoms with Crippen LogP contribution >= 0.6 is 27.5 Å². The zero-order valence-corrected chi connectivity index (χ0v) is 14.5. The number of rotatable bonds is 4. The topological polar surface area (TPSA) is 17.8 Å². The Kier molecular flexibility index (Phi) is 4.45. The predicted octanol–water partition coefficient (Wildman–Crippen LogP) is 5.67. The molecule has 2 nitrogen and oxygen atoms in total. The van der Waals surface area contributed by atoms with Gasteiger partial charge in [-0.25, -0.2) is 9.37 Å². The van der Waals surface area contributed by atoms with Crippen LogP contribution < -0.4 is 0 Å². The van der Waals surface area contributed by atoms with E-state index in [0.29, 0.717) is 4.47 Å². The first-order chi connectivity index (χ1) is 9.25. The first kappa shape index (κ1) is 15.8. The molecule has 0 radical (unpaired) electrons. The second kappa shape index (κ2) is 5.64. The summed E-state index contributed by atoms with van der Waals surface area (Å²) in [5.41, 5.74) is 1.68. The Balaban J connectivity index is 2.65. The molecule has 0 fully saturated rings. The molecule has 1 heterocycles. The lowest BCUT2D eigenvalue weighted by Gasteiger charge is -2.25. The molecule has 2 aromatic rings. The van der Waals surface area contributed by atoms with Gasteiger partial charge in [0.25, 0.3) is 0 Å². The number of hydrogen-bond acceptors (Lipinski definition) is 1. The maximum absolute atomic E-state index is 13.8. The average Bonchev–Trinajstić information content (AvgIpc) is 2.68. The van der Waals surface area contributed by atoms with Crippen molar-refractivity contribution in [2.24, 2.45) is 5.41 Å². The predicted molar refractivity (Wildman–Crippen MR) is 85.7 cm³/mol. The Hall–Kier alpha value is -0.610. The van der Waals surface area contributed by atoms with E-state index < -0.39 is 0 Å². The van der Waals surface area contributed by atoms with Crippen molar-refractivity contribution < 1.29 is 4.39 Å². The fourth-order valence-corrected chi connectivity index (χ4v) is 2.65. The quantitative estimate of drug-likeness (QED) is 0.641.